The Hall–Kier alpha value is -0.900. The lowest BCUT2D eigenvalue weighted by Gasteiger charge is -2.26. The Kier molecular flexibility index (Phi) is 5.37. The maximum absolute atomic E-state index is 5.46. The molecule has 1 aromatic carbocycles. The van der Waals surface area contributed by atoms with Gasteiger partial charge in [0.1, 0.15) is 0 Å². The van der Waals surface area contributed by atoms with Crippen LogP contribution >= 0.6 is 0 Å². The molecule has 2 unspecified atom stereocenters. The molecule has 3 nitrogen and oxygen atoms in total. The SMILES string of the molecule is CNC(CCN(C)C1CCOC1)c1ccccc1C. The number of aryl methyl sites for hydroxylation is 1. The van der Waals surface area contributed by atoms with Crippen LogP contribution in [-0.2, 0) is 4.74 Å². The summed E-state index contributed by atoms with van der Waals surface area (Å²) >= 11 is 0. The molecule has 3 heteroatoms. The Labute approximate surface area is 116 Å². The van der Waals surface area contributed by atoms with Gasteiger partial charge in [-0.15, -0.1) is 0 Å². The lowest BCUT2D eigenvalue weighted by Crippen LogP contribution is -2.34. The molecule has 0 radical (unpaired) electrons. The first-order valence-electron chi connectivity index (χ1n) is 7.23. The zero-order valence-electron chi connectivity index (χ0n) is 12.4. The highest BCUT2D eigenvalue weighted by Crippen LogP contribution is 2.21. The smallest absolute Gasteiger partial charge is 0.0622 e. The highest BCUT2D eigenvalue weighted by Gasteiger charge is 2.21. The fraction of sp³-hybridized carbons (Fsp3) is 0.625. The van der Waals surface area contributed by atoms with E-state index in [4.69, 9.17) is 4.74 Å². The van der Waals surface area contributed by atoms with E-state index in [1.807, 2.05) is 0 Å². The van der Waals surface area contributed by atoms with E-state index in [0.717, 1.165) is 26.2 Å². The van der Waals surface area contributed by atoms with Crippen LogP contribution in [0.5, 0.6) is 0 Å². The number of likely N-dealkylation sites (N-methyl/N-ethyl adjacent to an activating group) is 1. The van der Waals surface area contributed by atoms with Crippen LogP contribution in [0.3, 0.4) is 0 Å². The van der Waals surface area contributed by atoms with Crippen molar-refractivity contribution in [2.45, 2.75) is 31.8 Å². The standard InChI is InChI=1S/C16H26N2O/c1-13-6-4-5-7-15(13)16(17-2)8-10-18(3)14-9-11-19-12-14/h4-7,14,16-17H,8-12H2,1-3H3. The molecule has 2 rings (SSSR count). The minimum atomic E-state index is 0.436. The van der Waals surface area contributed by atoms with Gasteiger partial charge in [-0.3, -0.25) is 0 Å². The van der Waals surface area contributed by atoms with E-state index >= 15 is 0 Å². The predicted molar refractivity (Wildman–Crippen MR) is 79.5 cm³/mol. The van der Waals surface area contributed by atoms with Crippen molar-refractivity contribution in [3.63, 3.8) is 0 Å². The van der Waals surface area contributed by atoms with Crippen molar-refractivity contribution >= 4 is 0 Å². The fourth-order valence-electron chi connectivity index (χ4n) is 2.82. The first kappa shape index (κ1) is 14.5. The number of benzene rings is 1. The van der Waals surface area contributed by atoms with E-state index < -0.39 is 0 Å². The van der Waals surface area contributed by atoms with Crippen LogP contribution in [0.4, 0.5) is 0 Å². The summed E-state index contributed by atoms with van der Waals surface area (Å²) in [5.41, 5.74) is 2.79. The van der Waals surface area contributed by atoms with E-state index in [-0.39, 0.29) is 0 Å². The van der Waals surface area contributed by atoms with Crippen LogP contribution in [0.1, 0.15) is 30.0 Å². The number of nitrogens with one attached hydrogen (secondary N) is 1. The summed E-state index contributed by atoms with van der Waals surface area (Å²) < 4.78 is 5.46. The van der Waals surface area contributed by atoms with Crippen molar-refractivity contribution in [2.75, 3.05) is 33.9 Å². The number of hydrogen-bond acceptors (Lipinski definition) is 3. The number of rotatable bonds is 6. The Morgan fingerprint density at radius 1 is 1.42 bits per heavy atom. The maximum Gasteiger partial charge on any atom is 0.0622 e. The second kappa shape index (κ2) is 7.04. The third-order valence-corrected chi connectivity index (χ3v) is 4.21. The summed E-state index contributed by atoms with van der Waals surface area (Å²) in [6.45, 7) is 5.11. The van der Waals surface area contributed by atoms with Gasteiger partial charge in [0, 0.05) is 25.2 Å². The minimum Gasteiger partial charge on any atom is -0.380 e. The van der Waals surface area contributed by atoms with Crippen LogP contribution < -0.4 is 5.32 Å². The molecule has 0 amide bonds. The summed E-state index contributed by atoms with van der Waals surface area (Å²) in [4.78, 5) is 2.44. The zero-order valence-corrected chi connectivity index (χ0v) is 12.4. The van der Waals surface area contributed by atoms with Crippen LogP contribution in [-0.4, -0.2) is 44.8 Å². The number of ether oxygens (including phenoxy) is 1. The van der Waals surface area contributed by atoms with E-state index in [9.17, 15) is 0 Å². The van der Waals surface area contributed by atoms with Gasteiger partial charge in [0.25, 0.3) is 0 Å². The fourth-order valence-corrected chi connectivity index (χ4v) is 2.82. The van der Waals surface area contributed by atoms with Gasteiger partial charge in [-0.1, -0.05) is 24.3 Å². The van der Waals surface area contributed by atoms with Crippen LogP contribution in [0, 0.1) is 6.92 Å². The quantitative estimate of drug-likeness (QED) is 0.852. The molecule has 1 heterocycles. The van der Waals surface area contributed by atoms with E-state index in [1.165, 1.54) is 17.5 Å². The van der Waals surface area contributed by atoms with Gasteiger partial charge in [-0.2, -0.15) is 0 Å². The molecule has 0 spiro atoms. The molecule has 1 aliphatic rings. The predicted octanol–water partition coefficient (Wildman–Crippen LogP) is 2.37. The van der Waals surface area contributed by atoms with Gasteiger partial charge in [0.05, 0.1) is 6.61 Å². The van der Waals surface area contributed by atoms with Gasteiger partial charge in [0.15, 0.2) is 0 Å². The maximum atomic E-state index is 5.46. The summed E-state index contributed by atoms with van der Waals surface area (Å²) in [7, 11) is 4.26. The zero-order chi connectivity index (χ0) is 13.7. The highest BCUT2D eigenvalue weighted by molar-refractivity contribution is 5.28. The first-order valence-corrected chi connectivity index (χ1v) is 7.23. The Balaban J connectivity index is 1.90. The molecule has 0 aliphatic carbocycles. The van der Waals surface area contributed by atoms with Gasteiger partial charge >= 0.3 is 0 Å². The Bertz CT molecular complexity index is 388. The Morgan fingerprint density at radius 2 is 2.21 bits per heavy atom. The summed E-state index contributed by atoms with van der Waals surface area (Å²) in [5.74, 6) is 0. The molecule has 0 aromatic heterocycles. The van der Waals surface area contributed by atoms with Crippen LogP contribution in [0.25, 0.3) is 0 Å². The van der Waals surface area contributed by atoms with Gasteiger partial charge in [0.2, 0.25) is 0 Å². The molecule has 1 saturated heterocycles. The minimum absolute atomic E-state index is 0.436. The van der Waals surface area contributed by atoms with E-state index in [2.05, 4.69) is 55.5 Å². The second-order valence-corrected chi connectivity index (χ2v) is 5.48. The molecular formula is C16H26N2O. The van der Waals surface area contributed by atoms with Crippen molar-refractivity contribution in [2.24, 2.45) is 0 Å². The van der Waals surface area contributed by atoms with Crippen molar-refractivity contribution in [3.8, 4) is 0 Å². The van der Waals surface area contributed by atoms with Crippen molar-refractivity contribution < 1.29 is 4.74 Å². The molecule has 2 atom stereocenters. The molecule has 19 heavy (non-hydrogen) atoms. The molecular weight excluding hydrogens is 236 g/mol. The van der Waals surface area contributed by atoms with Gasteiger partial charge < -0.3 is 15.0 Å². The van der Waals surface area contributed by atoms with Crippen molar-refractivity contribution in [3.05, 3.63) is 35.4 Å². The summed E-state index contributed by atoms with van der Waals surface area (Å²) in [5, 5.41) is 3.45. The van der Waals surface area contributed by atoms with Gasteiger partial charge in [-0.05, 0) is 45.0 Å². The third kappa shape index (κ3) is 3.78. The monoisotopic (exact) mass is 262 g/mol. The lowest BCUT2D eigenvalue weighted by molar-refractivity contribution is 0.157. The molecule has 0 saturated carbocycles. The Morgan fingerprint density at radius 3 is 2.84 bits per heavy atom. The second-order valence-electron chi connectivity index (χ2n) is 5.48. The molecule has 106 valence electrons. The molecule has 1 N–H and O–H groups in total. The van der Waals surface area contributed by atoms with E-state index in [0.29, 0.717) is 12.1 Å². The first-order chi connectivity index (χ1) is 9.22. The molecule has 0 bridgehead atoms. The molecule has 1 aromatic rings. The molecule has 1 fully saturated rings. The van der Waals surface area contributed by atoms with E-state index in [1.54, 1.807) is 0 Å². The largest absolute Gasteiger partial charge is 0.380 e. The van der Waals surface area contributed by atoms with Gasteiger partial charge in [-0.25, -0.2) is 0 Å². The number of hydrogen-bond donors (Lipinski definition) is 1. The van der Waals surface area contributed by atoms with Crippen LogP contribution in [0.2, 0.25) is 0 Å². The molecule has 1 aliphatic heterocycles. The van der Waals surface area contributed by atoms with Crippen molar-refractivity contribution in [1.29, 1.82) is 0 Å². The topological polar surface area (TPSA) is 24.5 Å². The van der Waals surface area contributed by atoms with Crippen LogP contribution in [0.15, 0.2) is 24.3 Å². The van der Waals surface area contributed by atoms with Crippen molar-refractivity contribution in [1.82, 2.24) is 10.2 Å². The number of nitrogens with zero attached hydrogens (tertiary/aromatic N) is 1. The average Bonchev–Trinajstić information content (AvgIpc) is 2.95. The summed E-state index contributed by atoms with van der Waals surface area (Å²) in [6, 6.07) is 9.69. The normalized spacial score (nSPS) is 20.9. The lowest BCUT2D eigenvalue weighted by atomic mass is 9.98. The third-order valence-electron chi connectivity index (χ3n) is 4.21. The average molecular weight is 262 g/mol. The summed E-state index contributed by atoms with van der Waals surface area (Å²) in [6.07, 6.45) is 2.30. The highest BCUT2D eigenvalue weighted by atomic mass is 16.5.